The van der Waals surface area contributed by atoms with Crippen LogP contribution in [0.25, 0.3) is 11.0 Å². The van der Waals surface area contributed by atoms with E-state index in [1.807, 2.05) is 6.92 Å². The molecule has 4 nitrogen and oxygen atoms in total. The van der Waals surface area contributed by atoms with E-state index in [1.165, 1.54) is 16.8 Å². The number of para-hydroxylation sites is 1. The van der Waals surface area contributed by atoms with E-state index < -0.39 is 0 Å². The van der Waals surface area contributed by atoms with Crippen LogP contribution in [0, 0.1) is 25.5 Å². The molecule has 0 unspecified atom stereocenters. The van der Waals surface area contributed by atoms with Gasteiger partial charge in [0.25, 0.3) is 0 Å². The van der Waals surface area contributed by atoms with E-state index in [2.05, 4.69) is 57.4 Å². The molecule has 1 N–H and O–H groups in total. The molecule has 0 aliphatic rings. The van der Waals surface area contributed by atoms with E-state index in [-0.39, 0.29) is 0 Å². The maximum Gasteiger partial charge on any atom is 0.178 e. The Balaban J connectivity index is 1.80. The molecular formula is C16H20N4S. The van der Waals surface area contributed by atoms with E-state index in [0.717, 1.165) is 35.5 Å². The normalized spacial score (nSPS) is 11.4. The van der Waals surface area contributed by atoms with E-state index in [9.17, 15) is 0 Å². The van der Waals surface area contributed by atoms with Crippen molar-refractivity contribution in [1.82, 2.24) is 19.3 Å². The fraction of sp³-hybridized carbons (Fsp3) is 0.375. The van der Waals surface area contributed by atoms with E-state index >= 15 is 0 Å². The minimum absolute atomic E-state index is 0.799. The number of nitrogens with zero attached hydrogens (tertiary/aromatic N) is 3. The molecule has 0 atom stereocenters. The number of fused-ring (bicyclic) bond motifs is 1. The van der Waals surface area contributed by atoms with Gasteiger partial charge in [-0.25, -0.2) is 0 Å². The number of aromatic amines is 1. The largest absolute Gasteiger partial charge is 0.330 e. The number of nitrogens with one attached hydrogen (secondary N) is 1. The van der Waals surface area contributed by atoms with Crippen molar-refractivity contribution in [3.05, 3.63) is 46.0 Å². The van der Waals surface area contributed by atoms with Crippen LogP contribution in [0.1, 0.15) is 23.4 Å². The van der Waals surface area contributed by atoms with Crippen LogP contribution in [0.3, 0.4) is 0 Å². The van der Waals surface area contributed by atoms with Crippen LogP contribution >= 0.6 is 12.2 Å². The molecule has 0 spiro atoms. The second-order valence-electron chi connectivity index (χ2n) is 5.55. The standard InChI is InChI=1S/C16H20N4S/c1-11-6-4-7-14-15(11)17-16(21)19(14)8-5-9-20-13(3)10-12(2)18-20/h4,6-7,10H,5,8-9H2,1-3H3,(H,17,21). The predicted octanol–water partition coefficient (Wildman–Crippen LogP) is 3.91. The summed E-state index contributed by atoms with van der Waals surface area (Å²) in [4.78, 5) is 3.31. The number of aryl methyl sites for hydroxylation is 5. The van der Waals surface area contributed by atoms with Crippen molar-refractivity contribution in [3.8, 4) is 0 Å². The molecule has 0 aliphatic carbocycles. The van der Waals surface area contributed by atoms with Gasteiger partial charge in [-0.05, 0) is 57.1 Å². The molecule has 5 heteroatoms. The first-order valence-electron chi connectivity index (χ1n) is 7.25. The van der Waals surface area contributed by atoms with Crippen LogP contribution in [-0.4, -0.2) is 19.3 Å². The third kappa shape index (κ3) is 2.65. The van der Waals surface area contributed by atoms with Gasteiger partial charge in [0.15, 0.2) is 4.77 Å². The summed E-state index contributed by atoms with van der Waals surface area (Å²) in [5.41, 5.74) is 5.86. The lowest BCUT2D eigenvalue weighted by molar-refractivity contribution is 0.519. The van der Waals surface area contributed by atoms with E-state index in [4.69, 9.17) is 12.2 Å². The summed E-state index contributed by atoms with van der Waals surface area (Å²) in [6.45, 7) is 8.05. The fourth-order valence-electron chi connectivity index (χ4n) is 2.83. The van der Waals surface area contributed by atoms with Crippen molar-refractivity contribution in [1.29, 1.82) is 0 Å². The molecule has 1 aromatic carbocycles. The topological polar surface area (TPSA) is 38.5 Å². The van der Waals surface area contributed by atoms with Crippen LogP contribution in [-0.2, 0) is 13.1 Å². The molecule has 2 aromatic heterocycles. The zero-order chi connectivity index (χ0) is 15.0. The summed E-state index contributed by atoms with van der Waals surface area (Å²) < 4.78 is 5.05. The number of benzene rings is 1. The van der Waals surface area contributed by atoms with Gasteiger partial charge in [-0.3, -0.25) is 4.68 Å². The van der Waals surface area contributed by atoms with Crippen molar-refractivity contribution in [3.63, 3.8) is 0 Å². The minimum atomic E-state index is 0.799. The van der Waals surface area contributed by atoms with Crippen LogP contribution < -0.4 is 0 Å². The van der Waals surface area contributed by atoms with Gasteiger partial charge >= 0.3 is 0 Å². The lowest BCUT2D eigenvalue weighted by Crippen LogP contribution is -2.07. The smallest absolute Gasteiger partial charge is 0.178 e. The number of hydrogen-bond donors (Lipinski definition) is 1. The second-order valence-corrected chi connectivity index (χ2v) is 5.94. The Labute approximate surface area is 129 Å². The zero-order valence-electron chi connectivity index (χ0n) is 12.7. The third-order valence-corrected chi connectivity index (χ3v) is 4.20. The number of hydrogen-bond acceptors (Lipinski definition) is 2. The van der Waals surface area contributed by atoms with Gasteiger partial charge < -0.3 is 9.55 Å². The average molecular weight is 300 g/mol. The van der Waals surface area contributed by atoms with Crippen molar-refractivity contribution < 1.29 is 0 Å². The van der Waals surface area contributed by atoms with Crippen LogP contribution in [0.15, 0.2) is 24.3 Å². The first-order chi connectivity index (χ1) is 10.1. The summed E-state index contributed by atoms with van der Waals surface area (Å²) in [5.74, 6) is 0. The first kappa shape index (κ1) is 14.1. The summed E-state index contributed by atoms with van der Waals surface area (Å²) in [6.07, 6.45) is 1.01. The lowest BCUT2D eigenvalue weighted by Gasteiger charge is -2.07. The highest BCUT2D eigenvalue weighted by Crippen LogP contribution is 2.18. The number of rotatable bonds is 4. The summed E-state index contributed by atoms with van der Waals surface area (Å²) in [6, 6.07) is 8.42. The van der Waals surface area contributed by atoms with Crippen LogP contribution in [0.2, 0.25) is 0 Å². The summed E-state index contributed by atoms with van der Waals surface area (Å²) in [7, 11) is 0. The molecule has 0 saturated carbocycles. The van der Waals surface area contributed by atoms with Gasteiger partial charge in [-0.15, -0.1) is 0 Å². The Hall–Kier alpha value is -1.88. The van der Waals surface area contributed by atoms with Crippen molar-refractivity contribution in [2.45, 2.75) is 40.3 Å². The highest BCUT2D eigenvalue weighted by atomic mass is 32.1. The molecule has 0 aliphatic heterocycles. The molecule has 0 radical (unpaired) electrons. The van der Waals surface area contributed by atoms with Crippen LogP contribution in [0.5, 0.6) is 0 Å². The number of H-pyrrole nitrogens is 1. The van der Waals surface area contributed by atoms with Gasteiger partial charge in [-0.1, -0.05) is 12.1 Å². The fourth-order valence-corrected chi connectivity index (χ4v) is 3.12. The van der Waals surface area contributed by atoms with E-state index in [0.29, 0.717) is 0 Å². The van der Waals surface area contributed by atoms with Crippen LogP contribution in [0.4, 0.5) is 0 Å². The summed E-state index contributed by atoms with van der Waals surface area (Å²) >= 11 is 5.46. The molecule has 110 valence electrons. The zero-order valence-corrected chi connectivity index (χ0v) is 13.5. The lowest BCUT2D eigenvalue weighted by atomic mass is 10.2. The number of aromatic nitrogens is 4. The molecule has 3 aromatic rings. The first-order valence-corrected chi connectivity index (χ1v) is 7.66. The van der Waals surface area contributed by atoms with Gasteiger partial charge in [0.05, 0.1) is 16.7 Å². The Morgan fingerprint density at radius 1 is 1.19 bits per heavy atom. The molecular weight excluding hydrogens is 280 g/mol. The summed E-state index contributed by atoms with van der Waals surface area (Å²) in [5, 5.41) is 4.50. The monoisotopic (exact) mass is 300 g/mol. The second kappa shape index (κ2) is 5.48. The highest BCUT2D eigenvalue weighted by molar-refractivity contribution is 7.71. The molecule has 2 heterocycles. The quantitative estimate of drug-likeness (QED) is 0.742. The maximum atomic E-state index is 5.46. The van der Waals surface area contributed by atoms with E-state index in [1.54, 1.807) is 0 Å². The Bertz CT molecular complexity index is 838. The third-order valence-electron chi connectivity index (χ3n) is 3.87. The van der Waals surface area contributed by atoms with Crippen molar-refractivity contribution in [2.24, 2.45) is 0 Å². The molecule has 3 rings (SSSR count). The molecule has 21 heavy (non-hydrogen) atoms. The Morgan fingerprint density at radius 3 is 2.71 bits per heavy atom. The highest BCUT2D eigenvalue weighted by Gasteiger charge is 2.06. The van der Waals surface area contributed by atoms with Gasteiger partial charge in [-0.2, -0.15) is 5.10 Å². The van der Waals surface area contributed by atoms with Crippen molar-refractivity contribution >= 4 is 23.3 Å². The molecule has 0 bridgehead atoms. The minimum Gasteiger partial charge on any atom is -0.330 e. The number of imidazole rings is 1. The van der Waals surface area contributed by atoms with Gasteiger partial charge in [0, 0.05) is 18.8 Å². The average Bonchev–Trinajstić information content (AvgIpc) is 2.92. The molecule has 0 amide bonds. The predicted molar refractivity (Wildman–Crippen MR) is 88.2 cm³/mol. The van der Waals surface area contributed by atoms with Crippen molar-refractivity contribution in [2.75, 3.05) is 0 Å². The van der Waals surface area contributed by atoms with Gasteiger partial charge in [0.1, 0.15) is 0 Å². The maximum absolute atomic E-state index is 5.46. The Morgan fingerprint density at radius 2 is 2.00 bits per heavy atom. The molecule has 0 fully saturated rings. The Kier molecular flexibility index (Phi) is 3.68. The molecule has 0 saturated heterocycles. The SMILES string of the molecule is Cc1cc(C)n(CCCn2c(=S)[nH]c3c(C)cccc32)n1. The van der Waals surface area contributed by atoms with Gasteiger partial charge in [0.2, 0.25) is 0 Å².